The van der Waals surface area contributed by atoms with Gasteiger partial charge in [-0.1, -0.05) is 19.3 Å². The Morgan fingerprint density at radius 3 is 2.43 bits per heavy atom. The molecule has 2 fully saturated rings. The van der Waals surface area contributed by atoms with Crippen molar-refractivity contribution in [3.63, 3.8) is 0 Å². The number of hydrogen-bond acceptors (Lipinski definition) is 4. The molecule has 0 heterocycles. The quantitative estimate of drug-likeness (QED) is 0.673. The molecule has 23 heavy (non-hydrogen) atoms. The molecule has 2 saturated carbocycles. The van der Waals surface area contributed by atoms with Crippen LogP contribution in [0.3, 0.4) is 0 Å². The molecule has 0 bridgehead atoms. The Balaban J connectivity index is 1.79. The average molecular weight is 326 g/mol. The summed E-state index contributed by atoms with van der Waals surface area (Å²) in [5, 5.41) is 16.3. The maximum atomic E-state index is 11.8. The first-order chi connectivity index (χ1) is 10.8. The Hall–Kier alpha value is -0.810. The van der Waals surface area contributed by atoms with Crippen LogP contribution < -0.4 is 10.6 Å². The molecule has 0 aromatic carbocycles. The van der Waals surface area contributed by atoms with Crippen LogP contribution in [0.15, 0.2) is 0 Å². The van der Waals surface area contributed by atoms with Crippen LogP contribution in [-0.2, 0) is 4.74 Å². The van der Waals surface area contributed by atoms with E-state index in [0.717, 1.165) is 19.4 Å². The predicted octanol–water partition coefficient (Wildman–Crippen LogP) is 2.82. The minimum absolute atomic E-state index is 0.0390. The van der Waals surface area contributed by atoms with E-state index in [-0.39, 0.29) is 24.2 Å². The van der Waals surface area contributed by atoms with E-state index in [0.29, 0.717) is 12.5 Å². The molecule has 2 aliphatic carbocycles. The molecule has 2 rings (SSSR count). The van der Waals surface area contributed by atoms with Gasteiger partial charge in [-0.15, -0.1) is 0 Å². The van der Waals surface area contributed by atoms with Gasteiger partial charge >= 0.3 is 6.09 Å². The summed E-state index contributed by atoms with van der Waals surface area (Å²) in [6.45, 7) is 7.32. The highest BCUT2D eigenvalue weighted by molar-refractivity contribution is 5.67. The van der Waals surface area contributed by atoms with E-state index in [4.69, 9.17) is 4.74 Å². The van der Waals surface area contributed by atoms with Crippen molar-refractivity contribution in [3.8, 4) is 0 Å². The Bertz CT molecular complexity index is 382. The molecule has 134 valence electrons. The lowest BCUT2D eigenvalue weighted by Crippen LogP contribution is -2.48. The molecule has 1 amide bonds. The van der Waals surface area contributed by atoms with Crippen LogP contribution in [0.25, 0.3) is 0 Å². The minimum atomic E-state index is -0.463. The van der Waals surface area contributed by atoms with Crippen molar-refractivity contribution >= 4 is 6.09 Å². The summed E-state index contributed by atoms with van der Waals surface area (Å²) in [6.07, 6.45) is 8.02. The molecular weight excluding hydrogens is 292 g/mol. The Kier molecular flexibility index (Phi) is 6.32. The fraction of sp³-hybridized carbons (Fsp3) is 0.944. The van der Waals surface area contributed by atoms with Crippen molar-refractivity contribution in [2.24, 2.45) is 11.3 Å². The van der Waals surface area contributed by atoms with E-state index in [2.05, 4.69) is 10.6 Å². The molecule has 2 aliphatic rings. The van der Waals surface area contributed by atoms with Crippen molar-refractivity contribution in [2.45, 2.75) is 77.4 Å². The lowest BCUT2D eigenvalue weighted by Gasteiger charge is -2.37. The summed E-state index contributed by atoms with van der Waals surface area (Å²) in [5.74, 6) is 0.643. The largest absolute Gasteiger partial charge is 0.444 e. The third-order valence-corrected chi connectivity index (χ3v) is 5.05. The number of amides is 1. The lowest BCUT2D eigenvalue weighted by atomic mass is 9.74. The molecule has 1 atom stereocenters. The molecule has 1 unspecified atom stereocenters. The standard InChI is InChI=1S/C18H34N2O3/c1-17(2,3)23-16(22)19-11-15(14-7-8-14)20-12-18(13-21)9-5-4-6-10-18/h14-15,20-21H,4-13H2,1-3H3,(H,19,22). The van der Waals surface area contributed by atoms with Crippen LogP contribution in [0, 0.1) is 11.3 Å². The second-order valence-corrected chi connectivity index (χ2v) is 8.43. The highest BCUT2D eigenvalue weighted by Crippen LogP contribution is 2.37. The van der Waals surface area contributed by atoms with Crippen LogP contribution in [-0.4, -0.2) is 42.5 Å². The summed E-state index contributed by atoms with van der Waals surface area (Å²) in [4.78, 5) is 11.8. The zero-order valence-electron chi connectivity index (χ0n) is 15.0. The topological polar surface area (TPSA) is 70.6 Å². The summed E-state index contributed by atoms with van der Waals surface area (Å²) in [6, 6.07) is 0.285. The monoisotopic (exact) mass is 326 g/mol. The number of ether oxygens (including phenoxy) is 1. The van der Waals surface area contributed by atoms with Gasteiger partial charge in [-0.2, -0.15) is 0 Å². The first-order valence-corrected chi connectivity index (χ1v) is 9.15. The van der Waals surface area contributed by atoms with Gasteiger partial charge in [0.2, 0.25) is 0 Å². The molecule has 0 spiro atoms. The van der Waals surface area contributed by atoms with E-state index in [1.54, 1.807) is 0 Å². The second kappa shape index (κ2) is 7.84. The van der Waals surface area contributed by atoms with Gasteiger partial charge in [0, 0.05) is 31.2 Å². The third-order valence-electron chi connectivity index (χ3n) is 5.05. The zero-order chi connectivity index (χ0) is 16.9. The van der Waals surface area contributed by atoms with Crippen LogP contribution in [0.2, 0.25) is 0 Å². The molecule has 0 aromatic rings. The van der Waals surface area contributed by atoms with E-state index in [1.807, 2.05) is 20.8 Å². The van der Waals surface area contributed by atoms with Crippen molar-refractivity contribution in [2.75, 3.05) is 19.7 Å². The average Bonchev–Trinajstić information content (AvgIpc) is 3.31. The van der Waals surface area contributed by atoms with E-state index < -0.39 is 5.60 Å². The Labute approximate surface area is 140 Å². The molecule has 0 aromatic heterocycles. The summed E-state index contributed by atoms with van der Waals surface area (Å²) in [7, 11) is 0. The van der Waals surface area contributed by atoms with Crippen molar-refractivity contribution < 1.29 is 14.6 Å². The maximum Gasteiger partial charge on any atom is 0.407 e. The molecule has 0 aliphatic heterocycles. The number of carbonyl (C=O) groups is 1. The SMILES string of the molecule is CC(C)(C)OC(=O)NCC(NCC1(CO)CCCCC1)C1CC1. The number of rotatable bonds is 7. The smallest absolute Gasteiger partial charge is 0.407 e. The molecular formula is C18H34N2O3. The zero-order valence-corrected chi connectivity index (χ0v) is 15.0. The third kappa shape index (κ3) is 6.30. The van der Waals surface area contributed by atoms with Gasteiger partial charge in [0.25, 0.3) is 0 Å². The molecule has 5 heteroatoms. The maximum absolute atomic E-state index is 11.8. The van der Waals surface area contributed by atoms with Crippen LogP contribution in [0.4, 0.5) is 4.79 Å². The van der Waals surface area contributed by atoms with Gasteiger partial charge < -0.3 is 20.5 Å². The minimum Gasteiger partial charge on any atom is -0.444 e. The lowest BCUT2D eigenvalue weighted by molar-refractivity contribution is 0.0513. The van der Waals surface area contributed by atoms with E-state index >= 15 is 0 Å². The molecule has 3 N–H and O–H groups in total. The van der Waals surface area contributed by atoms with Crippen molar-refractivity contribution in [3.05, 3.63) is 0 Å². The first-order valence-electron chi connectivity index (χ1n) is 9.15. The number of aliphatic hydroxyl groups excluding tert-OH is 1. The summed E-state index contributed by atoms with van der Waals surface area (Å²) < 4.78 is 5.31. The fourth-order valence-electron chi connectivity index (χ4n) is 3.45. The van der Waals surface area contributed by atoms with E-state index in [1.165, 1.54) is 32.1 Å². The number of alkyl carbamates (subject to hydrolysis) is 1. The first kappa shape index (κ1) is 18.5. The summed E-state index contributed by atoms with van der Waals surface area (Å²) in [5.41, 5.74) is -0.424. The highest BCUT2D eigenvalue weighted by atomic mass is 16.6. The van der Waals surface area contributed by atoms with Gasteiger partial charge in [-0.25, -0.2) is 4.79 Å². The van der Waals surface area contributed by atoms with Crippen molar-refractivity contribution in [1.29, 1.82) is 0 Å². The van der Waals surface area contributed by atoms with Gasteiger partial charge in [0.05, 0.1) is 0 Å². The molecule has 0 radical (unpaired) electrons. The summed E-state index contributed by atoms with van der Waals surface area (Å²) >= 11 is 0. The number of carbonyl (C=O) groups excluding carboxylic acids is 1. The van der Waals surface area contributed by atoms with Gasteiger partial charge in [0.15, 0.2) is 0 Å². The van der Waals surface area contributed by atoms with Crippen LogP contribution in [0.5, 0.6) is 0 Å². The van der Waals surface area contributed by atoms with Crippen LogP contribution in [0.1, 0.15) is 65.7 Å². The number of aliphatic hydroxyl groups is 1. The Morgan fingerprint density at radius 2 is 1.91 bits per heavy atom. The van der Waals surface area contributed by atoms with Gasteiger partial charge in [-0.3, -0.25) is 0 Å². The van der Waals surface area contributed by atoms with Gasteiger partial charge in [0.1, 0.15) is 5.60 Å². The van der Waals surface area contributed by atoms with Crippen LogP contribution >= 0.6 is 0 Å². The Morgan fingerprint density at radius 1 is 1.26 bits per heavy atom. The van der Waals surface area contributed by atoms with Crippen molar-refractivity contribution in [1.82, 2.24) is 10.6 Å². The normalized spacial score (nSPS) is 22.4. The fourth-order valence-corrected chi connectivity index (χ4v) is 3.45. The number of nitrogens with one attached hydrogen (secondary N) is 2. The van der Waals surface area contributed by atoms with E-state index in [9.17, 15) is 9.90 Å². The molecule has 0 saturated heterocycles. The number of hydrogen-bond donors (Lipinski definition) is 3. The predicted molar refractivity (Wildman–Crippen MR) is 91.4 cm³/mol. The second-order valence-electron chi connectivity index (χ2n) is 8.43. The van der Waals surface area contributed by atoms with Gasteiger partial charge in [-0.05, 0) is 52.4 Å². The molecule has 5 nitrogen and oxygen atoms in total. The highest BCUT2D eigenvalue weighted by Gasteiger charge is 2.36.